The van der Waals surface area contributed by atoms with Gasteiger partial charge in [0, 0.05) is 23.2 Å². The Morgan fingerprint density at radius 1 is 1.17 bits per heavy atom. The van der Waals surface area contributed by atoms with Crippen molar-refractivity contribution < 1.29 is 28.5 Å². The third-order valence-corrected chi connectivity index (χ3v) is 5.59. The van der Waals surface area contributed by atoms with E-state index in [4.69, 9.17) is 18.7 Å². The highest BCUT2D eigenvalue weighted by molar-refractivity contribution is 5.78. The Morgan fingerprint density at radius 3 is 2.54 bits per heavy atom. The van der Waals surface area contributed by atoms with E-state index in [0.717, 1.165) is 0 Å². The lowest BCUT2D eigenvalue weighted by Gasteiger charge is -2.27. The number of nitro benzene ring substituents is 1. The van der Waals surface area contributed by atoms with Crippen LogP contribution in [0.15, 0.2) is 40.9 Å². The maximum Gasteiger partial charge on any atom is 0.272 e. The average molecular weight is 485 g/mol. The highest BCUT2D eigenvalue weighted by atomic mass is 16.6. The second-order valence-electron chi connectivity index (χ2n) is 7.85. The Kier molecular flexibility index (Phi) is 8.24. The average Bonchev–Trinajstić information content (AvgIpc) is 3.33. The maximum absolute atomic E-state index is 13.0. The zero-order valence-corrected chi connectivity index (χ0v) is 20.3. The Morgan fingerprint density at radius 2 is 1.91 bits per heavy atom. The van der Waals surface area contributed by atoms with E-state index in [1.165, 1.54) is 18.2 Å². The molecule has 11 nitrogen and oxygen atoms in total. The molecule has 1 atom stereocenters. The molecule has 0 aliphatic carbocycles. The summed E-state index contributed by atoms with van der Waals surface area (Å²) in [6, 6.07) is 9.53. The van der Waals surface area contributed by atoms with Crippen molar-refractivity contribution in [1.29, 1.82) is 0 Å². The highest BCUT2D eigenvalue weighted by Gasteiger charge is 2.23. The number of rotatable bonds is 11. The zero-order chi connectivity index (χ0) is 25.5. The lowest BCUT2D eigenvalue weighted by molar-refractivity contribution is -0.385. The van der Waals surface area contributed by atoms with Crippen molar-refractivity contribution in [3.8, 4) is 28.6 Å². The number of carbonyl (C=O) groups excluding carboxylic acids is 1. The molecule has 0 radical (unpaired) electrons. The summed E-state index contributed by atoms with van der Waals surface area (Å²) in [7, 11) is 3.09. The molecule has 1 unspecified atom stereocenters. The fraction of sp³-hybridized carbons (Fsp3) is 0.375. The van der Waals surface area contributed by atoms with E-state index in [9.17, 15) is 14.9 Å². The second kappa shape index (κ2) is 11.3. The molecular weight excluding hydrogens is 456 g/mol. The van der Waals surface area contributed by atoms with Crippen LogP contribution in [0.2, 0.25) is 0 Å². The normalized spacial score (nSPS) is 11.6. The fourth-order valence-electron chi connectivity index (χ4n) is 3.42. The number of aromatic nitrogens is 2. The largest absolute Gasteiger partial charge is 0.493 e. The van der Waals surface area contributed by atoms with Gasteiger partial charge in [0.1, 0.15) is 12.3 Å². The first-order valence-corrected chi connectivity index (χ1v) is 11.0. The lowest BCUT2D eigenvalue weighted by Crippen LogP contribution is -2.40. The van der Waals surface area contributed by atoms with E-state index >= 15 is 0 Å². The fourth-order valence-corrected chi connectivity index (χ4v) is 3.42. The Labute approximate surface area is 202 Å². The smallest absolute Gasteiger partial charge is 0.272 e. The highest BCUT2D eigenvalue weighted by Crippen LogP contribution is 2.31. The van der Waals surface area contributed by atoms with Crippen LogP contribution in [0, 0.1) is 17.0 Å². The van der Waals surface area contributed by atoms with Gasteiger partial charge in [-0.25, -0.2) is 0 Å². The van der Waals surface area contributed by atoms with Crippen molar-refractivity contribution in [1.82, 2.24) is 15.0 Å². The molecule has 35 heavy (non-hydrogen) atoms. The number of aryl methyl sites for hydroxylation is 1. The Balaban J connectivity index is 1.72. The van der Waals surface area contributed by atoms with Crippen molar-refractivity contribution in [3.63, 3.8) is 0 Å². The molecule has 3 aromatic rings. The molecule has 0 saturated heterocycles. The van der Waals surface area contributed by atoms with Crippen LogP contribution in [0.4, 0.5) is 5.69 Å². The number of ether oxygens (including phenoxy) is 3. The van der Waals surface area contributed by atoms with E-state index in [1.807, 2.05) is 13.8 Å². The van der Waals surface area contributed by atoms with E-state index < -0.39 is 4.92 Å². The predicted molar refractivity (Wildman–Crippen MR) is 126 cm³/mol. The van der Waals surface area contributed by atoms with Crippen molar-refractivity contribution in [3.05, 3.63) is 58.0 Å². The summed E-state index contributed by atoms with van der Waals surface area (Å²) in [4.78, 5) is 29.6. The number of methoxy groups -OCH3 is 2. The zero-order valence-electron chi connectivity index (χ0n) is 20.3. The molecule has 0 spiro atoms. The first-order valence-electron chi connectivity index (χ1n) is 11.0. The van der Waals surface area contributed by atoms with Gasteiger partial charge < -0.3 is 23.6 Å². The Bertz CT molecular complexity index is 1190. The number of benzene rings is 2. The molecule has 2 aromatic carbocycles. The first-order chi connectivity index (χ1) is 16.8. The minimum atomic E-state index is -0.463. The molecule has 0 aliphatic heterocycles. The number of carbonyl (C=O) groups is 1. The number of hydrogen-bond donors (Lipinski definition) is 0. The monoisotopic (exact) mass is 484 g/mol. The van der Waals surface area contributed by atoms with Gasteiger partial charge in [0.25, 0.3) is 11.6 Å². The van der Waals surface area contributed by atoms with Gasteiger partial charge in [-0.1, -0.05) is 12.1 Å². The van der Waals surface area contributed by atoms with E-state index in [1.54, 1.807) is 44.2 Å². The van der Waals surface area contributed by atoms with Crippen molar-refractivity contribution >= 4 is 11.6 Å². The number of nitro groups is 1. The SMILES string of the molecule is CCC(C)N(Cc1nc(-c2ccc(OC)c(OC)c2)no1)C(=O)COc1ccc([N+](=O)[O-])c(C)c1. The van der Waals surface area contributed by atoms with Crippen LogP contribution in [-0.4, -0.2) is 52.7 Å². The van der Waals surface area contributed by atoms with E-state index in [-0.39, 0.29) is 36.7 Å². The number of amides is 1. The van der Waals surface area contributed by atoms with Crippen LogP contribution in [0.3, 0.4) is 0 Å². The summed E-state index contributed by atoms with van der Waals surface area (Å²) in [5, 5.41) is 15.0. The summed E-state index contributed by atoms with van der Waals surface area (Å²) < 4.78 is 21.6. The lowest BCUT2D eigenvalue weighted by atomic mass is 10.2. The van der Waals surface area contributed by atoms with Crippen LogP contribution in [0.1, 0.15) is 31.7 Å². The summed E-state index contributed by atoms with van der Waals surface area (Å²) >= 11 is 0. The topological polar surface area (TPSA) is 130 Å². The van der Waals surface area contributed by atoms with Gasteiger partial charge in [0.2, 0.25) is 11.7 Å². The molecule has 0 bridgehead atoms. The van der Waals surface area contributed by atoms with Crippen LogP contribution >= 0.6 is 0 Å². The molecule has 0 fully saturated rings. The van der Waals surface area contributed by atoms with Gasteiger partial charge >= 0.3 is 0 Å². The van der Waals surface area contributed by atoms with Crippen LogP contribution in [0.25, 0.3) is 11.4 Å². The molecule has 1 heterocycles. The summed E-state index contributed by atoms with van der Waals surface area (Å²) in [5.41, 5.74) is 1.12. The minimum Gasteiger partial charge on any atom is -0.493 e. The van der Waals surface area contributed by atoms with Gasteiger partial charge in [0.15, 0.2) is 18.1 Å². The van der Waals surface area contributed by atoms with Crippen LogP contribution < -0.4 is 14.2 Å². The van der Waals surface area contributed by atoms with Crippen molar-refractivity contribution in [2.24, 2.45) is 0 Å². The molecular formula is C24H28N4O7. The summed E-state index contributed by atoms with van der Waals surface area (Å²) in [6.45, 7) is 5.37. The molecule has 0 aliphatic rings. The van der Waals surface area contributed by atoms with Gasteiger partial charge in [0.05, 0.1) is 19.1 Å². The Hall–Kier alpha value is -4.15. The molecule has 0 saturated carbocycles. The van der Waals surface area contributed by atoms with E-state index in [2.05, 4.69) is 10.1 Å². The van der Waals surface area contributed by atoms with Gasteiger partial charge in [-0.15, -0.1) is 0 Å². The van der Waals surface area contributed by atoms with Crippen molar-refractivity contribution in [2.45, 2.75) is 39.8 Å². The van der Waals surface area contributed by atoms with Crippen LogP contribution in [-0.2, 0) is 11.3 Å². The molecule has 186 valence electrons. The number of nitrogens with zero attached hydrogens (tertiary/aromatic N) is 4. The minimum absolute atomic E-state index is 0.00779. The molecule has 0 N–H and O–H groups in total. The second-order valence-corrected chi connectivity index (χ2v) is 7.85. The molecule has 3 rings (SSSR count). The summed E-state index contributed by atoms with van der Waals surface area (Å²) in [6.07, 6.45) is 0.707. The molecule has 1 amide bonds. The quantitative estimate of drug-likeness (QED) is 0.290. The predicted octanol–water partition coefficient (Wildman–Crippen LogP) is 4.18. The van der Waals surface area contributed by atoms with Gasteiger partial charge in [-0.3, -0.25) is 14.9 Å². The van der Waals surface area contributed by atoms with Gasteiger partial charge in [-0.2, -0.15) is 4.98 Å². The van der Waals surface area contributed by atoms with Crippen molar-refractivity contribution in [2.75, 3.05) is 20.8 Å². The standard InChI is InChI=1S/C24H28N4O7/c1-6-16(3)27(23(29)14-34-18-8-9-19(28(30)31)15(2)11-18)13-22-25-24(26-35-22)17-7-10-20(32-4)21(12-17)33-5/h7-12,16H,6,13-14H2,1-5H3. The number of hydrogen-bond acceptors (Lipinski definition) is 9. The first kappa shape index (κ1) is 25.5. The molecule has 11 heteroatoms. The third kappa shape index (κ3) is 6.05. The summed E-state index contributed by atoms with van der Waals surface area (Å²) in [5.74, 6) is 1.84. The maximum atomic E-state index is 13.0. The van der Waals surface area contributed by atoms with Crippen LogP contribution in [0.5, 0.6) is 17.2 Å². The van der Waals surface area contributed by atoms with Gasteiger partial charge in [-0.05, 0) is 50.6 Å². The third-order valence-electron chi connectivity index (χ3n) is 5.59. The molecule has 1 aromatic heterocycles. The van der Waals surface area contributed by atoms with E-state index in [0.29, 0.717) is 40.6 Å².